The van der Waals surface area contributed by atoms with Crippen molar-refractivity contribution in [2.24, 2.45) is 0 Å². The molecule has 1 fully saturated rings. The van der Waals surface area contributed by atoms with Crippen molar-refractivity contribution < 1.29 is 23.9 Å². The minimum Gasteiger partial charge on any atom is -0.454 e. The van der Waals surface area contributed by atoms with Gasteiger partial charge in [-0.1, -0.05) is 28.8 Å². The Balaban J connectivity index is 1.62. The molecule has 0 heterocycles. The molecule has 1 aliphatic carbocycles. The summed E-state index contributed by atoms with van der Waals surface area (Å²) in [5.41, 5.74) is 0.391. The van der Waals surface area contributed by atoms with Gasteiger partial charge in [-0.2, -0.15) is 0 Å². The van der Waals surface area contributed by atoms with Gasteiger partial charge in [0.1, 0.15) is 6.54 Å². The molecule has 8 nitrogen and oxygen atoms in total. The number of carbonyl (C=O) groups excluding carboxylic acids is 4. The zero-order valence-corrected chi connectivity index (χ0v) is 15.6. The number of benzene rings is 1. The molecule has 140 valence electrons. The summed E-state index contributed by atoms with van der Waals surface area (Å²) in [5.74, 6) is -1.94. The van der Waals surface area contributed by atoms with Crippen LogP contribution in [-0.4, -0.2) is 43.0 Å². The molecule has 0 radical (unpaired) electrons. The van der Waals surface area contributed by atoms with Crippen molar-refractivity contribution in [3.8, 4) is 0 Å². The summed E-state index contributed by atoms with van der Waals surface area (Å²) in [7, 11) is 0. The summed E-state index contributed by atoms with van der Waals surface area (Å²) in [6.07, 6.45) is 3.91. The van der Waals surface area contributed by atoms with Crippen LogP contribution in [0.3, 0.4) is 0 Å². The molecule has 1 aromatic carbocycles. The average Bonchev–Trinajstić information content (AvgIpc) is 3.11. The number of hydrogen-bond acceptors (Lipinski definition) is 5. The molecule has 1 aliphatic rings. The second-order valence-corrected chi connectivity index (χ2v) is 6.77. The molecule has 0 aliphatic heterocycles. The van der Waals surface area contributed by atoms with E-state index in [9.17, 15) is 19.2 Å². The highest BCUT2D eigenvalue weighted by molar-refractivity contribution is 9.10. The Morgan fingerprint density at radius 1 is 1.08 bits per heavy atom. The fourth-order valence-electron chi connectivity index (χ4n) is 2.51. The molecule has 0 unspecified atom stereocenters. The minimum absolute atomic E-state index is 0.0826. The molecular formula is C17H20BrN3O5. The number of esters is 1. The van der Waals surface area contributed by atoms with Crippen molar-refractivity contribution in [3.05, 3.63) is 34.3 Å². The van der Waals surface area contributed by atoms with E-state index >= 15 is 0 Å². The van der Waals surface area contributed by atoms with Crippen LogP contribution in [-0.2, 0) is 14.3 Å². The van der Waals surface area contributed by atoms with Crippen LogP contribution in [0.4, 0.5) is 4.79 Å². The number of nitrogens with one attached hydrogen (secondary N) is 3. The Hall–Kier alpha value is -2.42. The molecule has 0 bridgehead atoms. The van der Waals surface area contributed by atoms with Crippen LogP contribution in [0.25, 0.3) is 0 Å². The second kappa shape index (κ2) is 9.91. The van der Waals surface area contributed by atoms with Crippen LogP contribution >= 0.6 is 15.9 Å². The lowest BCUT2D eigenvalue weighted by Gasteiger charge is -2.12. The van der Waals surface area contributed by atoms with Gasteiger partial charge in [-0.15, -0.1) is 0 Å². The summed E-state index contributed by atoms with van der Waals surface area (Å²) in [4.78, 5) is 46.6. The van der Waals surface area contributed by atoms with Crippen LogP contribution in [0, 0.1) is 0 Å². The summed E-state index contributed by atoms with van der Waals surface area (Å²) >= 11 is 3.26. The van der Waals surface area contributed by atoms with Gasteiger partial charge in [0, 0.05) is 16.1 Å². The van der Waals surface area contributed by atoms with E-state index < -0.39 is 30.4 Å². The topological polar surface area (TPSA) is 114 Å². The van der Waals surface area contributed by atoms with Crippen molar-refractivity contribution in [2.75, 3.05) is 13.2 Å². The Kier molecular flexibility index (Phi) is 7.58. The predicted octanol–water partition coefficient (Wildman–Crippen LogP) is 1.49. The Morgan fingerprint density at radius 3 is 2.38 bits per heavy atom. The summed E-state index contributed by atoms with van der Waals surface area (Å²) in [6.45, 7) is -0.971. The van der Waals surface area contributed by atoms with Crippen molar-refractivity contribution >= 4 is 39.7 Å². The molecule has 1 aromatic rings. The monoisotopic (exact) mass is 425 g/mol. The lowest BCUT2D eigenvalue weighted by atomic mass is 10.2. The van der Waals surface area contributed by atoms with Crippen LogP contribution in [0.2, 0.25) is 0 Å². The van der Waals surface area contributed by atoms with Crippen LogP contribution in [0.15, 0.2) is 28.7 Å². The maximum absolute atomic E-state index is 11.8. The third-order valence-corrected chi connectivity index (χ3v) is 4.34. The smallest absolute Gasteiger partial charge is 0.325 e. The van der Waals surface area contributed by atoms with Gasteiger partial charge in [0.05, 0.1) is 0 Å². The van der Waals surface area contributed by atoms with Gasteiger partial charge in [0.25, 0.3) is 11.8 Å². The number of hydrogen-bond donors (Lipinski definition) is 3. The first-order valence-corrected chi connectivity index (χ1v) is 9.03. The molecular weight excluding hydrogens is 406 g/mol. The zero-order chi connectivity index (χ0) is 18.9. The molecule has 0 saturated heterocycles. The molecule has 0 atom stereocenters. The summed E-state index contributed by atoms with van der Waals surface area (Å²) in [6, 6.07) is 6.09. The highest BCUT2D eigenvalue weighted by Gasteiger charge is 2.18. The van der Waals surface area contributed by atoms with Crippen molar-refractivity contribution in [1.29, 1.82) is 0 Å². The number of amides is 4. The first-order chi connectivity index (χ1) is 12.4. The Morgan fingerprint density at radius 2 is 1.73 bits per heavy atom. The van der Waals surface area contributed by atoms with Crippen molar-refractivity contribution in [1.82, 2.24) is 16.0 Å². The maximum atomic E-state index is 11.8. The van der Waals surface area contributed by atoms with Gasteiger partial charge < -0.3 is 15.4 Å². The molecule has 26 heavy (non-hydrogen) atoms. The molecule has 1 saturated carbocycles. The van der Waals surface area contributed by atoms with Gasteiger partial charge in [0.15, 0.2) is 6.61 Å². The molecule has 2 rings (SSSR count). The molecule has 4 amide bonds. The number of imide groups is 1. The quantitative estimate of drug-likeness (QED) is 0.597. The van der Waals surface area contributed by atoms with Gasteiger partial charge in [0.2, 0.25) is 0 Å². The second-order valence-electron chi connectivity index (χ2n) is 5.85. The first kappa shape index (κ1) is 19.9. The van der Waals surface area contributed by atoms with Crippen LogP contribution in [0.5, 0.6) is 0 Å². The van der Waals surface area contributed by atoms with E-state index in [0.717, 1.165) is 30.2 Å². The summed E-state index contributed by atoms with van der Waals surface area (Å²) < 4.78 is 5.56. The van der Waals surface area contributed by atoms with Gasteiger partial charge in [-0.25, -0.2) is 4.79 Å². The van der Waals surface area contributed by atoms with E-state index in [4.69, 9.17) is 4.74 Å². The fraction of sp³-hybridized carbons (Fsp3) is 0.412. The Labute approximate surface area is 159 Å². The highest BCUT2D eigenvalue weighted by atomic mass is 79.9. The average molecular weight is 426 g/mol. The molecule has 0 aromatic heterocycles. The van der Waals surface area contributed by atoms with E-state index in [1.165, 1.54) is 0 Å². The van der Waals surface area contributed by atoms with Crippen molar-refractivity contribution in [2.45, 2.75) is 31.7 Å². The van der Waals surface area contributed by atoms with E-state index in [0.29, 0.717) is 5.56 Å². The third kappa shape index (κ3) is 6.83. The Bertz CT molecular complexity index is 671. The standard InChI is InChI=1S/C17H20BrN3O5/c18-12-7-5-11(6-8-12)16(24)19-9-15(23)26-10-14(22)21-17(25)20-13-3-1-2-4-13/h5-8,13H,1-4,9-10H2,(H,19,24)(H2,20,21,22,25). The number of ether oxygens (including phenoxy) is 1. The molecule has 3 N–H and O–H groups in total. The van der Waals surface area contributed by atoms with Gasteiger partial charge in [-0.3, -0.25) is 19.7 Å². The molecule has 9 heteroatoms. The highest BCUT2D eigenvalue weighted by Crippen LogP contribution is 2.17. The summed E-state index contributed by atoms with van der Waals surface area (Å²) in [5, 5.41) is 7.18. The minimum atomic E-state index is -0.776. The SMILES string of the molecule is O=C(COC(=O)CNC(=O)c1ccc(Br)cc1)NC(=O)NC1CCCC1. The fourth-order valence-corrected chi connectivity index (χ4v) is 2.77. The van der Waals surface area contributed by atoms with E-state index in [1.807, 2.05) is 0 Å². The zero-order valence-electron chi connectivity index (χ0n) is 14.0. The van der Waals surface area contributed by atoms with Crippen LogP contribution in [0.1, 0.15) is 36.0 Å². The number of halogens is 1. The number of urea groups is 1. The van der Waals surface area contributed by atoms with Crippen LogP contribution < -0.4 is 16.0 Å². The van der Waals surface area contributed by atoms with E-state index in [-0.39, 0.29) is 12.6 Å². The van der Waals surface area contributed by atoms with E-state index in [2.05, 4.69) is 31.9 Å². The third-order valence-electron chi connectivity index (χ3n) is 3.81. The van der Waals surface area contributed by atoms with Gasteiger partial charge in [-0.05, 0) is 37.1 Å². The predicted molar refractivity (Wildman–Crippen MR) is 96.4 cm³/mol. The lowest BCUT2D eigenvalue weighted by molar-refractivity contribution is -0.147. The maximum Gasteiger partial charge on any atom is 0.325 e. The normalized spacial score (nSPS) is 13.7. The number of carbonyl (C=O) groups is 4. The number of rotatable bonds is 6. The largest absolute Gasteiger partial charge is 0.454 e. The van der Waals surface area contributed by atoms with Crippen molar-refractivity contribution in [3.63, 3.8) is 0 Å². The molecule has 0 spiro atoms. The lowest BCUT2D eigenvalue weighted by Crippen LogP contribution is -2.45. The van der Waals surface area contributed by atoms with E-state index in [1.54, 1.807) is 24.3 Å². The first-order valence-electron chi connectivity index (χ1n) is 8.24. The van der Waals surface area contributed by atoms with Gasteiger partial charge >= 0.3 is 12.0 Å².